The van der Waals surface area contributed by atoms with Gasteiger partial charge in [-0.15, -0.1) is 11.8 Å². The molecule has 128 valence electrons. The highest BCUT2D eigenvalue weighted by atomic mass is 32.2. The standard InChI is InChI=1S/C19H19N3OS2/c1-13-9-20-8-7-14(13)10-21-16-11-25-12-17(23)18(16)19(24)22-15-5-3-2-4-6-15/h2-9,21H,10-12H2,1H3,(H,22,24). The number of para-hydroxylation sites is 1. The summed E-state index contributed by atoms with van der Waals surface area (Å²) in [7, 11) is 0. The van der Waals surface area contributed by atoms with Gasteiger partial charge in [0.15, 0.2) is 5.78 Å². The largest absolute Gasteiger partial charge is 0.383 e. The molecule has 6 heteroatoms. The summed E-state index contributed by atoms with van der Waals surface area (Å²) < 4.78 is 0. The molecular weight excluding hydrogens is 350 g/mol. The zero-order valence-electron chi connectivity index (χ0n) is 13.9. The van der Waals surface area contributed by atoms with Crippen LogP contribution in [0.5, 0.6) is 0 Å². The van der Waals surface area contributed by atoms with Gasteiger partial charge in [-0.25, -0.2) is 0 Å². The molecule has 0 aliphatic carbocycles. The number of hydrogen-bond acceptors (Lipinski definition) is 5. The second-order valence-corrected chi connectivity index (χ2v) is 7.14. The smallest absolute Gasteiger partial charge is 0.177 e. The van der Waals surface area contributed by atoms with Crippen molar-refractivity contribution in [3.63, 3.8) is 0 Å². The van der Waals surface area contributed by atoms with Crippen LogP contribution in [-0.4, -0.2) is 27.3 Å². The predicted molar refractivity (Wildman–Crippen MR) is 108 cm³/mol. The molecule has 2 aromatic rings. The van der Waals surface area contributed by atoms with E-state index in [9.17, 15) is 4.79 Å². The molecular formula is C19H19N3OS2. The Morgan fingerprint density at radius 1 is 1.24 bits per heavy atom. The minimum atomic E-state index is 0.0682. The average molecular weight is 370 g/mol. The molecule has 2 N–H and O–H groups in total. The first kappa shape index (κ1) is 17.6. The van der Waals surface area contributed by atoms with Gasteiger partial charge < -0.3 is 10.6 Å². The molecule has 1 aromatic heterocycles. The molecule has 1 aliphatic heterocycles. The number of rotatable bonds is 5. The number of ketones is 1. The van der Waals surface area contributed by atoms with E-state index in [4.69, 9.17) is 12.2 Å². The third-order valence-corrected chi connectivity index (χ3v) is 5.21. The van der Waals surface area contributed by atoms with Gasteiger partial charge in [-0.2, -0.15) is 0 Å². The lowest BCUT2D eigenvalue weighted by atomic mass is 10.1. The number of nitrogens with zero attached hydrogens (tertiary/aromatic N) is 1. The van der Waals surface area contributed by atoms with E-state index < -0.39 is 0 Å². The van der Waals surface area contributed by atoms with Crippen LogP contribution in [0, 0.1) is 6.92 Å². The Balaban J connectivity index is 1.79. The average Bonchev–Trinajstić information content (AvgIpc) is 2.62. The van der Waals surface area contributed by atoms with E-state index in [1.807, 2.05) is 49.5 Å². The van der Waals surface area contributed by atoms with Crippen molar-refractivity contribution in [3.8, 4) is 0 Å². The fraction of sp³-hybridized carbons (Fsp3) is 0.211. The maximum Gasteiger partial charge on any atom is 0.177 e. The molecule has 1 aliphatic rings. The Bertz CT molecular complexity index is 818. The number of Topliss-reactive ketones (excluding diaryl/α,β-unsaturated/α-hetero) is 1. The molecule has 0 amide bonds. The Morgan fingerprint density at radius 3 is 2.80 bits per heavy atom. The molecule has 0 bridgehead atoms. The van der Waals surface area contributed by atoms with Crippen molar-refractivity contribution >= 4 is 40.4 Å². The number of aryl methyl sites for hydroxylation is 1. The summed E-state index contributed by atoms with van der Waals surface area (Å²) in [5.74, 6) is 1.28. The van der Waals surface area contributed by atoms with Gasteiger partial charge >= 0.3 is 0 Å². The van der Waals surface area contributed by atoms with Crippen LogP contribution in [-0.2, 0) is 11.3 Å². The number of anilines is 1. The Labute approximate surface area is 157 Å². The fourth-order valence-electron chi connectivity index (χ4n) is 2.58. The van der Waals surface area contributed by atoms with Gasteiger partial charge in [0.25, 0.3) is 0 Å². The molecule has 0 saturated heterocycles. The number of carbonyl (C=O) groups is 1. The molecule has 0 radical (unpaired) electrons. The number of pyridine rings is 1. The van der Waals surface area contributed by atoms with Crippen LogP contribution >= 0.6 is 24.0 Å². The molecule has 3 rings (SSSR count). The van der Waals surface area contributed by atoms with Crippen molar-refractivity contribution in [1.29, 1.82) is 0 Å². The van der Waals surface area contributed by atoms with Crippen molar-refractivity contribution in [2.75, 3.05) is 16.8 Å². The highest BCUT2D eigenvalue weighted by Gasteiger charge is 2.24. The summed E-state index contributed by atoms with van der Waals surface area (Å²) in [6.07, 6.45) is 3.62. The molecule has 0 saturated carbocycles. The van der Waals surface area contributed by atoms with Crippen LogP contribution in [0.1, 0.15) is 11.1 Å². The van der Waals surface area contributed by atoms with Crippen molar-refractivity contribution in [2.24, 2.45) is 0 Å². The number of thioether (sulfide) groups is 1. The molecule has 0 fully saturated rings. The highest BCUT2D eigenvalue weighted by molar-refractivity contribution is 8.00. The van der Waals surface area contributed by atoms with Crippen LogP contribution in [0.3, 0.4) is 0 Å². The lowest BCUT2D eigenvalue weighted by Crippen LogP contribution is -2.31. The molecule has 0 unspecified atom stereocenters. The number of nitrogens with one attached hydrogen (secondary N) is 2. The summed E-state index contributed by atoms with van der Waals surface area (Å²) in [6.45, 7) is 2.68. The minimum Gasteiger partial charge on any atom is -0.383 e. The molecule has 25 heavy (non-hydrogen) atoms. The van der Waals surface area contributed by atoms with E-state index in [-0.39, 0.29) is 5.78 Å². The first-order chi connectivity index (χ1) is 12.1. The van der Waals surface area contributed by atoms with Crippen molar-refractivity contribution in [2.45, 2.75) is 13.5 Å². The van der Waals surface area contributed by atoms with Gasteiger partial charge in [0.05, 0.1) is 11.3 Å². The van der Waals surface area contributed by atoms with Crippen molar-refractivity contribution in [3.05, 3.63) is 71.2 Å². The summed E-state index contributed by atoms with van der Waals surface area (Å²) >= 11 is 7.13. The zero-order valence-corrected chi connectivity index (χ0v) is 15.5. The van der Waals surface area contributed by atoms with Gasteiger partial charge in [0, 0.05) is 36.1 Å². The molecule has 4 nitrogen and oxygen atoms in total. The maximum atomic E-state index is 12.5. The number of benzene rings is 1. The first-order valence-corrected chi connectivity index (χ1v) is 9.55. The minimum absolute atomic E-state index is 0.0682. The lowest BCUT2D eigenvalue weighted by molar-refractivity contribution is -0.112. The summed E-state index contributed by atoms with van der Waals surface area (Å²) in [5, 5.41) is 6.58. The third kappa shape index (κ3) is 4.46. The number of carbonyl (C=O) groups excluding carboxylic acids is 1. The van der Waals surface area contributed by atoms with E-state index in [0.717, 1.165) is 28.3 Å². The van der Waals surface area contributed by atoms with Crippen LogP contribution < -0.4 is 10.6 Å². The van der Waals surface area contributed by atoms with Crippen LogP contribution in [0.15, 0.2) is 60.1 Å². The first-order valence-electron chi connectivity index (χ1n) is 7.99. The predicted octanol–water partition coefficient (Wildman–Crippen LogP) is 3.49. The van der Waals surface area contributed by atoms with Crippen LogP contribution in [0.25, 0.3) is 0 Å². The van der Waals surface area contributed by atoms with E-state index in [2.05, 4.69) is 15.6 Å². The Kier molecular flexibility index (Phi) is 5.83. The van der Waals surface area contributed by atoms with Crippen molar-refractivity contribution in [1.82, 2.24) is 10.3 Å². The Morgan fingerprint density at radius 2 is 2.04 bits per heavy atom. The summed E-state index contributed by atoms with van der Waals surface area (Å²) in [4.78, 5) is 17.0. The van der Waals surface area contributed by atoms with Gasteiger partial charge in [-0.1, -0.05) is 30.4 Å². The number of aromatic nitrogens is 1. The van der Waals surface area contributed by atoms with Crippen molar-refractivity contribution < 1.29 is 4.79 Å². The third-order valence-electron chi connectivity index (χ3n) is 3.95. The van der Waals surface area contributed by atoms with Crippen LogP contribution in [0.2, 0.25) is 0 Å². The maximum absolute atomic E-state index is 12.5. The molecule has 0 atom stereocenters. The van der Waals surface area contributed by atoms with Gasteiger partial charge in [-0.3, -0.25) is 9.78 Å². The quantitative estimate of drug-likeness (QED) is 0.787. The van der Waals surface area contributed by atoms with E-state index in [1.54, 1.807) is 18.0 Å². The zero-order chi connectivity index (χ0) is 17.6. The second kappa shape index (κ2) is 8.27. The summed E-state index contributed by atoms with van der Waals surface area (Å²) in [6, 6.07) is 11.7. The number of thiocarbonyl (C=S) groups is 1. The van der Waals surface area contributed by atoms with E-state index in [0.29, 0.717) is 22.9 Å². The van der Waals surface area contributed by atoms with Gasteiger partial charge in [-0.05, 0) is 36.2 Å². The van der Waals surface area contributed by atoms with Crippen LogP contribution in [0.4, 0.5) is 5.69 Å². The van der Waals surface area contributed by atoms with E-state index in [1.165, 1.54) is 0 Å². The van der Waals surface area contributed by atoms with Gasteiger partial charge in [0.1, 0.15) is 4.99 Å². The lowest BCUT2D eigenvalue weighted by Gasteiger charge is -2.22. The second-order valence-electron chi connectivity index (χ2n) is 5.75. The van der Waals surface area contributed by atoms with Gasteiger partial charge in [0.2, 0.25) is 0 Å². The summed E-state index contributed by atoms with van der Waals surface area (Å²) in [5.41, 5.74) is 4.66. The highest BCUT2D eigenvalue weighted by Crippen LogP contribution is 2.22. The SMILES string of the molecule is Cc1cnccc1CNC1=C(C(=S)Nc2ccccc2)C(=O)CSC1. The monoisotopic (exact) mass is 369 g/mol. The molecule has 2 heterocycles. The topological polar surface area (TPSA) is 54.0 Å². The molecule has 0 spiro atoms. The Hall–Kier alpha value is -2.18. The van der Waals surface area contributed by atoms with E-state index >= 15 is 0 Å². The normalized spacial score (nSPS) is 14.4. The number of hydrogen-bond donors (Lipinski definition) is 2. The molecule has 1 aromatic carbocycles. The fourth-order valence-corrected chi connectivity index (χ4v) is 3.82.